The van der Waals surface area contributed by atoms with Crippen LogP contribution in [0.1, 0.15) is 13.8 Å². The lowest BCUT2D eigenvalue weighted by atomic mass is 10.1. The molecule has 3 N–H and O–H groups in total. The third kappa shape index (κ3) is 3.51. The van der Waals surface area contributed by atoms with E-state index in [1.54, 1.807) is 26.0 Å². The van der Waals surface area contributed by atoms with Gasteiger partial charge in [0, 0.05) is 17.1 Å². The number of fused-ring (bicyclic) bond motifs is 1. The fraction of sp³-hybridized carbons (Fsp3) is 0.211. The predicted octanol–water partition coefficient (Wildman–Crippen LogP) is 3.02. The minimum atomic E-state index is -1.19. The average molecular weight is 352 g/mol. The van der Waals surface area contributed by atoms with Crippen molar-refractivity contribution in [1.29, 1.82) is 0 Å². The minimum Gasteiger partial charge on any atom is -0.493 e. The van der Waals surface area contributed by atoms with Crippen LogP contribution in [-0.4, -0.2) is 28.6 Å². The molecule has 1 heterocycles. The fourth-order valence-electron chi connectivity index (χ4n) is 2.39. The van der Waals surface area contributed by atoms with Gasteiger partial charge in [-0.3, -0.25) is 4.79 Å². The molecule has 0 aliphatic rings. The van der Waals surface area contributed by atoms with E-state index < -0.39 is 11.5 Å². The number of primary amides is 1. The molecule has 3 rings (SSSR count). The van der Waals surface area contributed by atoms with Gasteiger partial charge < -0.3 is 20.5 Å². The number of benzene rings is 2. The van der Waals surface area contributed by atoms with Crippen molar-refractivity contribution in [1.82, 2.24) is 9.97 Å². The van der Waals surface area contributed by atoms with Crippen molar-refractivity contribution in [2.45, 2.75) is 19.4 Å². The van der Waals surface area contributed by atoms with E-state index in [-0.39, 0.29) is 0 Å². The third-order valence-electron chi connectivity index (χ3n) is 3.92. The van der Waals surface area contributed by atoms with Crippen molar-refractivity contribution in [2.24, 2.45) is 5.73 Å². The topological polar surface area (TPSA) is 99.4 Å². The lowest BCUT2D eigenvalue weighted by Crippen LogP contribution is -2.43. The quantitative estimate of drug-likeness (QED) is 0.707. The number of amides is 1. The van der Waals surface area contributed by atoms with Crippen LogP contribution in [0.2, 0.25) is 0 Å². The van der Waals surface area contributed by atoms with Crippen LogP contribution >= 0.6 is 0 Å². The fourth-order valence-corrected chi connectivity index (χ4v) is 2.39. The van der Waals surface area contributed by atoms with Crippen molar-refractivity contribution in [2.75, 3.05) is 12.4 Å². The summed E-state index contributed by atoms with van der Waals surface area (Å²) < 4.78 is 11.2. The molecule has 1 aromatic heterocycles. The summed E-state index contributed by atoms with van der Waals surface area (Å²) in [6.45, 7) is 3.20. The lowest BCUT2D eigenvalue weighted by Gasteiger charge is -2.24. The Morgan fingerprint density at radius 3 is 2.50 bits per heavy atom. The number of nitrogens with two attached hydrogens (primary N) is 1. The Bertz CT molecular complexity index is 942. The standard InChI is InChI=1S/C19H20N4O3/c1-19(2,18(20)24)26-16-9-13-14(10-15(16)25-3)21-11-22-17(13)23-12-7-5-4-6-8-12/h4-11H,1-3H3,(H2,20,24)(H,21,22,23). The van der Waals surface area contributed by atoms with Gasteiger partial charge in [0.15, 0.2) is 17.1 Å². The zero-order valence-corrected chi connectivity index (χ0v) is 14.8. The van der Waals surface area contributed by atoms with Crippen LogP contribution in [0.25, 0.3) is 10.9 Å². The summed E-state index contributed by atoms with van der Waals surface area (Å²) in [6, 6.07) is 13.1. The van der Waals surface area contributed by atoms with E-state index in [1.165, 1.54) is 13.4 Å². The summed E-state index contributed by atoms with van der Waals surface area (Å²) in [7, 11) is 1.52. The van der Waals surface area contributed by atoms with Crippen LogP contribution in [0.3, 0.4) is 0 Å². The Hall–Kier alpha value is -3.35. The van der Waals surface area contributed by atoms with Gasteiger partial charge in [-0.2, -0.15) is 0 Å². The molecular weight excluding hydrogens is 332 g/mol. The van der Waals surface area contributed by atoms with Gasteiger partial charge in [-0.05, 0) is 32.0 Å². The number of hydrogen-bond donors (Lipinski definition) is 2. The van der Waals surface area contributed by atoms with Crippen molar-refractivity contribution in [3.8, 4) is 11.5 Å². The molecule has 0 aliphatic carbocycles. The number of anilines is 2. The number of nitrogens with one attached hydrogen (secondary N) is 1. The molecule has 7 heteroatoms. The van der Waals surface area contributed by atoms with Crippen molar-refractivity contribution in [3.63, 3.8) is 0 Å². The Kier molecular flexibility index (Phi) is 4.62. The highest BCUT2D eigenvalue weighted by atomic mass is 16.5. The first-order chi connectivity index (χ1) is 12.4. The molecule has 0 fully saturated rings. The van der Waals surface area contributed by atoms with Gasteiger partial charge in [0.25, 0.3) is 5.91 Å². The summed E-state index contributed by atoms with van der Waals surface area (Å²) in [5, 5.41) is 3.99. The molecule has 0 saturated heterocycles. The first-order valence-electron chi connectivity index (χ1n) is 8.04. The van der Waals surface area contributed by atoms with E-state index in [9.17, 15) is 4.79 Å². The Labute approximate surface area is 151 Å². The zero-order chi connectivity index (χ0) is 18.7. The van der Waals surface area contributed by atoms with Crippen molar-refractivity contribution < 1.29 is 14.3 Å². The molecule has 1 amide bonds. The monoisotopic (exact) mass is 352 g/mol. The number of hydrogen-bond acceptors (Lipinski definition) is 6. The van der Waals surface area contributed by atoms with Crippen LogP contribution in [0.15, 0.2) is 48.8 Å². The summed E-state index contributed by atoms with van der Waals surface area (Å²) >= 11 is 0. The van der Waals surface area contributed by atoms with E-state index in [0.29, 0.717) is 22.8 Å². The summed E-state index contributed by atoms with van der Waals surface area (Å²) in [4.78, 5) is 20.2. The highest BCUT2D eigenvalue weighted by Gasteiger charge is 2.29. The Morgan fingerprint density at radius 1 is 1.12 bits per heavy atom. The molecule has 2 aromatic carbocycles. The van der Waals surface area contributed by atoms with E-state index >= 15 is 0 Å². The van der Waals surface area contributed by atoms with Gasteiger partial charge in [-0.1, -0.05) is 18.2 Å². The highest BCUT2D eigenvalue weighted by Crippen LogP contribution is 2.36. The molecule has 0 spiro atoms. The smallest absolute Gasteiger partial charge is 0.261 e. The molecule has 0 atom stereocenters. The van der Waals surface area contributed by atoms with Gasteiger partial charge in [0.2, 0.25) is 0 Å². The molecule has 0 bridgehead atoms. The Morgan fingerprint density at radius 2 is 1.85 bits per heavy atom. The summed E-state index contributed by atoms with van der Waals surface area (Å²) in [5.41, 5.74) is 5.79. The van der Waals surface area contributed by atoms with Crippen LogP contribution in [-0.2, 0) is 4.79 Å². The number of nitrogens with zero attached hydrogens (tertiary/aromatic N) is 2. The van der Waals surface area contributed by atoms with E-state index in [0.717, 1.165) is 11.1 Å². The molecular formula is C19H20N4O3. The molecule has 0 aliphatic heterocycles. The van der Waals surface area contributed by atoms with Crippen LogP contribution in [0.5, 0.6) is 11.5 Å². The summed E-state index contributed by atoms with van der Waals surface area (Å²) in [6.07, 6.45) is 1.47. The van der Waals surface area contributed by atoms with Gasteiger partial charge in [0.05, 0.1) is 12.6 Å². The second-order valence-electron chi connectivity index (χ2n) is 6.21. The second kappa shape index (κ2) is 6.87. The molecule has 134 valence electrons. The SMILES string of the molecule is COc1cc2ncnc(Nc3ccccc3)c2cc1OC(C)(C)C(N)=O. The number of rotatable bonds is 6. The van der Waals surface area contributed by atoms with Gasteiger partial charge >= 0.3 is 0 Å². The summed E-state index contributed by atoms with van der Waals surface area (Å²) in [5.74, 6) is 0.878. The number of carbonyl (C=O) groups excluding carboxylic acids is 1. The van der Waals surface area contributed by atoms with Gasteiger partial charge in [-0.25, -0.2) is 9.97 Å². The predicted molar refractivity (Wildman–Crippen MR) is 99.7 cm³/mol. The Balaban J connectivity index is 2.08. The molecule has 0 saturated carbocycles. The largest absolute Gasteiger partial charge is 0.493 e. The number of para-hydroxylation sites is 1. The number of carbonyl (C=O) groups is 1. The molecule has 3 aromatic rings. The van der Waals surface area contributed by atoms with Crippen LogP contribution < -0.4 is 20.5 Å². The van der Waals surface area contributed by atoms with Gasteiger partial charge in [-0.15, -0.1) is 0 Å². The van der Waals surface area contributed by atoms with E-state index in [4.69, 9.17) is 15.2 Å². The maximum atomic E-state index is 11.6. The normalized spacial score (nSPS) is 11.2. The average Bonchev–Trinajstić information content (AvgIpc) is 2.62. The number of aromatic nitrogens is 2. The van der Waals surface area contributed by atoms with Crippen molar-refractivity contribution >= 4 is 28.3 Å². The van der Waals surface area contributed by atoms with E-state index in [1.807, 2.05) is 30.3 Å². The maximum absolute atomic E-state index is 11.6. The molecule has 0 unspecified atom stereocenters. The van der Waals surface area contributed by atoms with Crippen molar-refractivity contribution in [3.05, 3.63) is 48.8 Å². The molecule has 26 heavy (non-hydrogen) atoms. The van der Waals surface area contributed by atoms with E-state index in [2.05, 4.69) is 15.3 Å². The lowest BCUT2D eigenvalue weighted by molar-refractivity contribution is -0.130. The zero-order valence-electron chi connectivity index (χ0n) is 14.8. The first kappa shape index (κ1) is 17.5. The maximum Gasteiger partial charge on any atom is 0.261 e. The number of methoxy groups -OCH3 is 1. The second-order valence-corrected chi connectivity index (χ2v) is 6.21. The van der Waals surface area contributed by atoms with Gasteiger partial charge in [0.1, 0.15) is 12.1 Å². The minimum absolute atomic E-state index is 0.384. The number of ether oxygens (including phenoxy) is 2. The van der Waals surface area contributed by atoms with Crippen LogP contribution in [0.4, 0.5) is 11.5 Å². The third-order valence-corrected chi connectivity index (χ3v) is 3.92. The molecule has 0 radical (unpaired) electrons. The highest BCUT2D eigenvalue weighted by molar-refractivity contribution is 5.93. The van der Waals surface area contributed by atoms with Crippen LogP contribution in [0, 0.1) is 0 Å². The molecule has 7 nitrogen and oxygen atoms in total. The first-order valence-corrected chi connectivity index (χ1v) is 8.04.